The van der Waals surface area contributed by atoms with Crippen LogP contribution >= 0.6 is 27.5 Å². The Morgan fingerprint density at radius 1 is 1.05 bits per heavy atom. The fraction of sp³-hybridized carbons (Fsp3) is 0.0667. The molecule has 0 spiro atoms. The van der Waals surface area contributed by atoms with Gasteiger partial charge in [0.25, 0.3) is 5.89 Å². The topological polar surface area (TPSA) is 48.2 Å². The van der Waals surface area contributed by atoms with Crippen molar-refractivity contribution in [2.45, 2.75) is 6.61 Å². The molecule has 0 aliphatic rings. The first-order chi connectivity index (χ1) is 10.2. The van der Waals surface area contributed by atoms with Gasteiger partial charge in [0.1, 0.15) is 5.75 Å². The lowest BCUT2D eigenvalue weighted by molar-refractivity contribution is 0.263. The van der Waals surface area contributed by atoms with E-state index in [0.717, 1.165) is 10.2 Å². The molecule has 3 aromatic rings. The predicted molar refractivity (Wildman–Crippen MR) is 83.2 cm³/mol. The van der Waals surface area contributed by atoms with E-state index < -0.39 is 0 Å². The van der Waals surface area contributed by atoms with E-state index in [1.165, 1.54) is 0 Å². The number of nitrogens with zero attached hydrogens (tertiary/aromatic N) is 2. The molecule has 0 atom stereocenters. The van der Waals surface area contributed by atoms with Crippen LogP contribution in [0.4, 0.5) is 0 Å². The summed E-state index contributed by atoms with van der Waals surface area (Å²) < 4.78 is 12.1. The average Bonchev–Trinajstić information content (AvgIpc) is 2.96. The van der Waals surface area contributed by atoms with E-state index in [1.807, 2.05) is 42.5 Å². The summed E-state index contributed by atoms with van der Waals surface area (Å²) in [5.74, 6) is 1.49. The van der Waals surface area contributed by atoms with Crippen LogP contribution in [0.5, 0.6) is 5.75 Å². The minimum Gasteiger partial charge on any atom is -0.483 e. The monoisotopic (exact) mass is 364 g/mol. The van der Waals surface area contributed by atoms with Gasteiger partial charge < -0.3 is 9.15 Å². The number of aromatic nitrogens is 2. The Kier molecular flexibility index (Phi) is 4.22. The Morgan fingerprint density at radius 2 is 1.81 bits per heavy atom. The van der Waals surface area contributed by atoms with Gasteiger partial charge >= 0.3 is 0 Å². The van der Waals surface area contributed by atoms with E-state index >= 15 is 0 Å². The molecule has 0 saturated heterocycles. The minimum atomic E-state index is 0.195. The maximum absolute atomic E-state index is 6.10. The quantitative estimate of drug-likeness (QED) is 0.670. The molecule has 0 aliphatic carbocycles. The molecule has 1 heterocycles. The summed E-state index contributed by atoms with van der Waals surface area (Å²) in [4.78, 5) is 0. The second kappa shape index (κ2) is 6.28. The lowest BCUT2D eigenvalue weighted by Crippen LogP contribution is -1.96. The molecule has 0 N–H and O–H groups in total. The maximum Gasteiger partial charge on any atom is 0.254 e. The lowest BCUT2D eigenvalue weighted by Gasteiger charge is -2.04. The summed E-state index contributed by atoms with van der Waals surface area (Å²) in [5.41, 5.74) is 0.707. The zero-order valence-corrected chi connectivity index (χ0v) is 13.1. The first kappa shape index (κ1) is 14.1. The summed E-state index contributed by atoms with van der Waals surface area (Å²) in [6.45, 7) is 0.195. The Bertz CT molecular complexity index is 761. The number of hydrogen-bond donors (Lipinski definition) is 0. The van der Waals surface area contributed by atoms with E-state index in [9.17, 15) is 0 Å². The third kappa shape index (κ3) is 3.25. The predicted octanol–water partition coefficient (Wildman–Crippen LogP) is 4.73. The van der Waals surface area contributed by atoms with Gasteiger partial charge in [-0.05, 0) is 40.2 Å². The van der Waals surface area contributed by atoms with E-state index in [-0.39, 0.29) is 6.61 Å². The molecule has 3 rings (SSSR count). The van der Waals surface area contributed by atoms with Crippen molar-refractivity contribution in [1.29, 1.82) is 0 Å². The molecule has 6 heteroatoms. The van der Waals surface area contributed by atoms with Crippen molar-refractivity contribution in [3.8, 4) is 17.2 Å². The third-order valence-electron chi connectivity index (χ3n) is 2.76. The highest BCUT2D eigenvalue weighted by Crippen LogP contribution is 2.27. The Morgan fingerprint density at radius 3 is 2.62 bits per heavy atom. The number of hydrogen-bond acceptors (Lipinski definition) is 4. The number of benzene rings is 2. The SMILES string of the molecule is Clc1ccccc1-c1nnc(COc2ccccc2Br)o1. The molecule has 4 nitrogen and oxygen atoms in total. The van der Waals surface area contributed by atoms with Gasteiger partial charge in [-0.25, -0.2) is 0 Å². The van der Waals surface area contributed by atoms with Crippen molar-refractivity contribution in [1.82, 2.24) is 10.2 Å². The van der Waals surface area contributed by atoms with Crippen LogP contribution in [0.2, 0.25) is 5.02 Å². The summed E-state index contributed by atoms with van der Waals surface area (Å²) in [6, 6.07) is 14.9. The van der Waals surface area contributed by atoms with Crippen molar-refractivity contribution in [3.05, 3.63) is 63.9 Å². The normalized spacial score (nSPS) is 10.6. The van der Waals surface area contributed by atoms with Crippen LogP contribution in [0.3, 0.4) is 0 Å². The zero-order valence-electron chi connectivity index (χ0n) is 10.8. The molecular weight excluding hydrogens is 356 g/mol. The molecule has 0 fully saturated rings. The lowest BCUT2D eigenvalue weighted by atomic mass is 10.2. The van der Waals surface area contributed by atoms with E-state index in [4.69, 9.17) is 20.8 Å². The van der Waals surface area contributed by atoms with Gasteiger partial charge in [0, 0.05) is 0 Å². The number of rotatable bonds is 4. The molecule has 1 aromatic heterocycles. The Labute approximate surface area is 134 Å². The van der Waals surface area contributed by atoms with E-state index in [1.54, 1.807) is 6.07 Å². The number of ether oxygens (including phenoxy) is 1. The highest BCUT2D eigenvalue weighted by molar-refractivity contribution is 9.10. The molecule has 0 radical (unpaired) electrons. The van der Waals surface area contributed by atoms with Crippen LogP contribution in [0, 0.1) is 0 Å². The van der Waals surface area contributed by atoms with Gasteiger partial charge in [0.05, 0.1) is 15.1 Å². The molecule has 0 amide bonds. The molecule has 0 aliphatic heterocycles. The molecule has 0 saturated carbocycles. The summed E-state index contributed by atoms with van der Waals surface area (Å²) in [5, 5.41) is 8.52. The molecule has 0 unspecified atom stereocenters. The molecule has 106 valence electrons. The minimum absolute atomic E-state index is 0.195. The first-order valence-corrected chi connectivity index (χ1v) is 7.36. The van der Waals surface area contributed by atoms with Crippen LogP contribution in [0.1, 0.15) is 5.89 Å². The van der Waals surface area contributed by atoms with Gasteiger partial charge in [-0.1, -0.05) is 35.9 Å². The summed E-state index contributed by atoms with van der Waals surface area (Å²) >= 11 is 9.51. The smallest absolute Gasteiger partial charge is 0.254 e. The van der Waals surface area contributed by atoms with Crippen LogP contribution in [-0.4, -0.2) is 10.2 Å². The Balaban J connectivity index is 1.74. The number of halogens is 2. The van der Waals surface area contributed by atoms with Gasteiger partial charge in [-0.2, -0.15) is 0 Å². The first-order valence-electron chi connectivity index (χ1n) is 6.18. The maximum atomic E-state index is 6.10. The molecule has 21 heavy (non-hydrogen) atoms. The van der Waals surface area contributed by atoms with Gasteiger partial charge in [0.2, 0.25) is 5.89 Å². The summed E-state index contributed by atoms with van der Waals surface area (Å²) in [6.07, 6.45) is 0. The second-order valence-electron chi connectivity index (χ2n) is 4.20. The van der Waals surface area contributed by atoms with Crippen LogP contribution < -0.4 is 4.74 Å². The fourth-order valence-electron chi connectivity index (χ4n) is 1.76. The second-order valence-corrected chi connectivity index (χ2v) is 5.46. The van der Waals surface area contributed by atoms with Crippen LogP contribution in [0.15, 0.2) is 57.4 Å². The van der Waals surface area contributed by atoms with Crippen molar-refractivity contribution in [3.63, 3.8) is 0 Å². The van der Waals surface area contributed by atoms with E-state index in [0.29, 0.717) is 22.4 Å². The Hall–Kier alpha value is -1.85. The standard InChI is InChI=1S/C15H10BrClN2O2/c16-11-6-2-4-8-13(11)20-9-14-18-19-15(21-14)10-5-1-3-7-12(10)17/h1-8H,9H2. The molecule has 2 aromatic carbocycles. The van der Waals surface area contributed by atoms with Crippen molar-refractivity contribution >= 4 is 27.5 Å². The third-order valence-corrected chi connectivity index (χ3v) is 3.74. The highest BCUT2D eigenvalue weighted by atomic mass is 79.9. The van der Waals surface area contributed by atoms with Gasteiger partial charge in [-0.3, -0.25) is 0 Å². The fourth-order valence-corrected chi connectivity index (χ4v) is 2.37. The highest BCUT2D eigenvalue weighted by Gasteiger charge is 2.12. The van der Waals surface area contributed by atoms with Gasteiger partial charge in [-0.15, -0.1) is 10.2 Å². The largest absolute Gasteiger partial charge is 0.483 e. The van der Waals surface area contributed by atoms with Crippen LogP contribution in [0.25, 0.3) is 11.5 Å². The average molecular weight is 366 g/mol. The van der Waals surface area contributed by atoms with Crippen molar-refractivity contribution in [2.24, 2.45) is 0 Å². The zero-order chi connectivity index (χ0) is 14.7. The van der Waals surface area contributed by atoms with E-state index in [2.05, 4.69) is 26.1 Å². The van der Waals surface area contributed by atoms with Crippen LogP contribution in [-0.2, 0) is 6.61 Å². The molecular formula is C15H10BrClN2O2. The van der Waals surface area contributed by atoms with Gasteiger partial charge in [0.15, 0.2) is 6.61 Å². The summed E-state index contributed by atoms with van der Waals surface area (Å²) in [7, 11) is 0. The van der Waals surface area contributed by atoms with Crippen molar-refractivity contribution < 1.29 is 9.15 Å². The number of para-hydroxylation sites is 1. The molecule has 0 bridgehead atoms. The van der Waals surface area contributed by atoms with Crippen molar-refractivity contribution in [2.75, 3.05) is 0 Å².